The van der Waals surface area contributed by atoms with Crippen LogP contribution in [-0.4, -0.2) is 12.7 Å². The minimum absolute atomic E-state index is 0.212. The van der Waals surface area contributed by atoms with Crippen LogP contribution in [0.2, 0.25) is 0 Å². The summed E-state index contributed by atoms with van der Waals surface area (Å²) in [7, 11) is 0. The lowest BCUT2D eigenvalue weighted by atomic mass is 10.2. The predicted molar refractivity (Wildman–Crippen MR) is 50.8 cm³/mol. The van der Waals surface area contributed by atoms with E-state index in [0.717, 1.165) is 17.7 Å². The number of benzene rings is 1. The minimum atomic E-state index is 0.212. The zero-order valence-corrected chi connectivity index (χ0v) is 7.82. The van der Waals surface area contributed by atoms with Gasteiger partial charge in [0.05, 0.1) is 13.2 Å². The van der Waals surface area contributed by atoms with Crippen molar-refractivity contribution in [3.63, 3.8) is 0 Å². The van der Waals surface area contributed by atoms with E-state index < -0.39 is 0 Å². The van der Waals surface area contributed by atoms with Crippen LogP contribution < -0.4 is 4.74 Å². The van der Waals surface area contributed by atoms with Gasteiger partial charge in [-0.25, -0.2) is 0 Å². The quantitative estimate of drug-likeness (QED) is 0.657. The minimum Gasteiger partial charge on any atom is -0.488 e. The van der Waals surface area contributed by atoms with Crippen LogP contribution in [0, 0.1) is 0 Å². The number of rotatable bonds is 1. The Bertz CT molecular complexity index is 283. The van der Waals surface area contributed by atoms with Crippen LogP contribution in [-0.2, 0) is 11.3 Å². The van der Waals surface area contributed by atoms with Gasteiger partial charge in [-0.3, -0.25) is 0 Å². The standard InChI is InChI=1S/C11H14O2/c1-2-10-8-12-7-9-5-3-4-6-11(9)13-10/h3-6,10H,2,7-8H2,1H3. The highest BCUT2D eigenvalue weighted by atomic mass is 16.5. The van der Waals surface area contributed by atoms with Crippen LogP contribution in [0.1, 0.15) is 18.9 Å². The summed E-state index contributed by atoms with van der Waals surface area (Å²) in [6.45, 7) is 3.49. The number of hydrogen-bond donors (Lipinski definition) is 0. The van der Waals surface area contributed by atoms with Crippen molar-refractivity contribution < 1.29 is 9.47 Å². The van der Waals surface area contributed by atoms with Crippen molar-refractivity contribution in [2.24, 2.45) is 0 Å². The second kappa shape index (κ2) is 3.79. The van der Waals surface area contributed by atoms with Crippen molar-refractivity contribution in [3.8, 4) is 5.75 Å². The number of para-hydroxylation sites is 1. The molecule has 1 aliphatic heterocycles. The second-order valence-corrected chi connectivity index (χ2v) is 3.27. The summed E-state index contributed by atoms with van der Waals surface area (Å²) in [5.74, 6) is 0.979. The first-order chi connectivity index (χ1) is 6.40. The van der Waals surface area contributed by atoms with Gasteiger partial charge in [-0.05, 0) is 12.5 Å². The molecule has 2 rings (SSSR count). The molecule has 70 valence electrons. The van der Waals surface area contributed by atoms with Crippen molar-refractivity contribution in [2.75, 3.05) is 6.61 Å². The van der Waals surface area contributed by atoms with Gasteiger partial charge in [-0.1, -0.05) is 25.1 Å². The first-order valence-corrected chi connectivity index (χ1v) is 4.72. The lowest BCUT2D eigenvalue weighted by Crippen LogP contribution is -2.19. The largest absolute Gasteiger partial charge is 0.488 e. The lowest BCUT2D eigenvalue weighted by molar-refractivity contribution is 0.0583. The van der Waals surface area contributed by atoms with Gasteiger partial charge in [-0.15, -0.1) is 0 Å². The topological polar surface area (TPSA) is 18.5 Å². The summed E-state index contributed by atoms with van der Waals surface area (Å²) in [6, 6.07) is 8.06. The maximum atomic E-state index is 5.78. The Morgan fingerprint density at radius 3 is 3.08 bits per heavy atom. The molecule has 0 radical (unpaired) electrons. The fourth-order valence-electron chi connectivity index (χ4n) is 1.45. The number of hydrogen-bond acceptors (Lipinski definition) is 2. The first-order valence-electron chi connectivity index (χ1n) is 4.72. The van der Waals surface area contributed by atoms with E-state index in [1.165, 1.54) is 0 Å². The highest BCUT2D eigenvalue weighted by Gasteiger charge is 2.15. The van der Waals surface area contributed by atoms with Crippen molar-refractivity contribution in [1.82, 2.24) is 0 Å². The molecule has 1 atom stereocenters. The summed E-state index contributed by atoms with van der Waals surface area (Å²) in [6.07, 6.45) is 1.21. The molecular weight excluding hydrogens is 164 g/mol. The molecule has 0 bridgehead atoms. The number of fused-ring (bicyclic) bond motifs is 1. The fourth-order valence-corrected chi connectivity index (χ4v) is 1.45. The van der Waals surface area contributed by atoms with Crippen LogP contribution in [0.3, 0.4) is 0 Å². The van der Waals surface area contributed by atoms with Crippen LogP contribution in [0.4, 0.5) is 0 Å². The molecule has 1 heterocycles. The average Bonchev–Trinajstić information content (AvgIpc) is 2.38. The van der Waals surface area contributed by atoms with Gasteiger partial charge in [0.25, 0.3) is 0 Å². The normalized spacial score (nSPS) is 21.5. The maximum Gasteiger partial charge on any atom is 0.125 e. The summed E-state index contributed by atoms with van der Waals surface area (Å²) < 4.78 is 11.3. The van der Waals surface area contributed by atoms with Crippen LogP contribution in [0.5, 0.6) is 5.75 Å². The van der Waals surface area contributed by atoms with E-state index in [1.54, 1.807) is 0 Å². The molecular formula is C11H14O2. The Kier molecular flexibility index (Phi) is 2.50. The van der Waals surface area contributed by atoms with E-state index in [4.69, 9.17) is 9.47 Å². The van der Waals surface area contributed by atoms with E-state index >= 15 is 0 Å². The Morgan fingerprint density at radius 2 is 2.23 bits per heavy atom. The first kappa shape index (κ1) is 8.57. The summed E-state index contributed by atoms with van der Waals surface area (Å²) in [4.78, 5) is 0. The van der Waals surface area contributed by atoms with Gasteiger partial charge in [0.2, 0.25) is 0 Å². The van der Waals surface area contributed by atoms with Crippen LogP contribution >= 0.6 is 0 Å². The van der Waals surface area contributed by atoms with Gasteiger partial charge < -0.3 is 9.47 Å². The summed E-state index contributed by atoms with van der Waals surface area (Å²) in [5, 5.41) is 0. The number of ether oxygens (including phenoxy) is 2. The highest BCUT2D eigenvalue weighted by molar-refractivity contribution is 5.33. The molecule has 1 aliphatic rings. The molecule has 13 heavy (non-hydrogen) atoms. The van der Waals surface area contributed by atoms with Crippen LogP contribution in [0.15, 0.2) is 24.3 Å². The molecule has 0 N–H and O–H groups in total. The van der Waals surface area contributed by atoms with Crippen molar-refractivity contribution >= 4 is 0 Å². The molecule has 0 saturated heterocycles. The van der Waals surface area contributed by atoms with E-state index in [0.29, 0.717) is 13.2 Å². The Balaban J connectivity index is 2.23. The van der Waals surface area contributed by atoms with Gasteiger partial charge in [-0.2, -0.15) is 0 Å². The van der Waals surface area contributed by atoms with E-state index in [1.807, 2.05) is 24.3 Å². The third-order valence-electron chi connectivity index (χ3n) is 2.28. The Morgan fingerprint density at radius 1 is 1.38 bits per heavy atom. The molecule has 0 aromatic heterocycles. The molecule has 2 nitrogen and oxygen atoms in total. The van der Waals surface area contributed by atoms with E-state index in [9.17, 15) is 0 Å². The molecule has 1 aromatic rings. The molecule has 0 saturated carbocycles. The highest BCUT2D eigenvalue weighted by Crippen LogP contribution is 2.23. The predicted octanol–water partition coefficient (Wildman–Crippen LogP) is 2.37. The SMILES string of the molecule is CCC1COCc2ccccc2O1. The van der Waals surface area contributed by atoms with Gasteiger partial charge in [0.1, 0.15) is 11.9 Å². The monoisotopic (exact) mass is 178 g/mol. The molecule has 0 aliphatic carbocycles. The van der Waals surface area contributed by atoms with Gasteiger partial charge in [0.15, 0.2) is 0 Å². The summed E-state index contributed by atoms with van der Waals surface area (Å²) >= 11 is 0. The van der Waals surface area contributed by atoms with E-state index in [-0.39, 0.29) is 6.10 Å². The van der Waals surface area contributed by atoms with Crippen LogP contribution in [0.25, 0.3) is 0 Å². The molecule has 2 heteroatoms. The third kappa shape index (κ3) is 1.83. The second-order valence-electron chi connectivity index (χ2n) is 3.27. The maximum absolute atomic E-state index is 5.78. The fraction of sp³-hybridized carbons (Fsp3) is 0.455. The Labute approximate surface area is 78.5 Å². The smallest absolute Gasteiger partial charge is 0.125 e. The molecule has 0 fully saturated rings. The molecule has 0 amide bonds. The zero-order chi connectivity index (χ0) is 9.10. The molecule has 0 spiro atoms. The average molecular weight is 178 g/mol. The van der Waals surface area contributed by atoms with Crippen molar-refractivity contribution in [3.05, 3.63) is 29.8 Å². The summed E-state index contributed by atoms with van der Waals surface area (Å²) in [5.41, 5.74) is 1.15. The third-order valence-corrected chi connectivity index (χ3v) is 2.28. The molecule has 1 unspecified atom stereocenters. The van der Waals surface area contributed by atoms with Gasteiger partial charge in [0, 0.05) is 5.56 Å². The van der Waals surface area contributed by atoms with E-state index in [2.05, 4.69) is 6.92 Å². The van der Waals surface area contributed by atoms with Gasteiger partial charge >= 0.3 is 0 Å². The Hall–Kier alpha value is -1.02. The lowest BCUT2D eigenvalue weighted by Gasteiger charge is -2.13. The van der Waals surface area contributed by atoms with Crippen molar-refractivity contribution in [2.45, 2.75) is 26.1 Å². The molecule has 1 aromatic carbocycles. The van der Waals surface area contributed by atoms with Crippen molar-refractivity contribution in [1.29, 1.82) is 0 Å². The zero-order valence-electron chi connectivity index (χ0n) is 7.82.